The van der Waals surface area contributed by atoms with E-state index in [-0.39, 0.29) is 12.0 Å². The van der Waals surface area contributed by atoms with Crippen molar-refractivity contribution in [3.63, 3.8) is 0 Å². The normalized spacial score (nSPS) is 15.1. The molecular formula is C22H21F3N4O4. The first-order valence-corrected chi connectivity index (χ1v) is 9.95. The number of nitrogens with one attached hydrogen (secondary N) is 1. The highest BCUT2D eigenvalue weighted by atomic mass is 19.4. The number of fused-ring (bicyclic) bond motifs is 1. The van der Waals surface area contributed by atoms with E-state index < -0.39 is 12.1 Å². The second kappa shape index (κ2) is 10.7. The van der Waals surface area contributed by atoms with E-state index >= 15 is 0 Å². The van der Waals surface area contributed by atoms with Crippen molar-refractivity contribution in [2.75, 3.05) is 13.2 Å². The van der Waals surface area contributed by atoms with Crippen LogP contribution >= 0.6 is 0 Å². The predicted octanol–water partition coefficient (Wildman–Crippen LogP) is 3.00. The monoisotopic (exact) mass is 462 g/mol. The molecule has 11 heteroatoms. The fraction of sp³-hybridized carbons (Fsp3) is 0.273. The van der Waals surface area contributed by atoms with E-state index in [1.165, 1.54) is 11.1 Å². The predicted molar refractivity (Wildman–Crippen MR) is 110 cm³/mol. The number of benzene rings is 1. The Hall–Kier alpha value is -3.73. The Bertz CT molecular complexity index is 1070. The van der Waals surface area contributed by atoms with Crippen molar-refractivity contribution in [2.45, 2.75) is 25.2 Å². The van der Waals surface area contributed by atoms with Gasteiger partial charge in [-0.05, 0) is 29.7 Å². The van der Waals surface area contributed by atoms with Crippen molar-refractivity contribution in [1.82, 2.24) is 20.1 Å². The zero-order chi connectivity index (χ0) is 23.8. The van der Waals surface area contributed by atoms with Crippen LogP contribution in [0.25, 0.3) is 0 Å². The molecule has 2 aromatic heterocycles. The highest BCUT2D eigenvalue weighted by Gasteiger charge is 2.38. The number of carboxylic acids is 1. The minimum absolute atomic E-state index is 0.204. The van der Waals surface area contributed by atoms with Crippen LogP contribution in [0.5, 0.6) is 0 Å². The highest BCUT2D eigenvalue weighted by Crippen LogP contribution is 2.25. The van der Waals surface area contributed by atoms with E-state index in [9.17, 15) is 18.0 Å². The van der Waals surface area contributed by atoms with Crippen LogP contribution in [0, 0.1) is 0 Å². The van der Waals surface area contributed by atoms with Crippen LogP contribution < -0.4 is 5.32 Å². The Balaban J connectivity index is 0.000000383. The number of aromatic nitrogens is 3. The Morgan fingerprint density at radius 2 is 1.85 bits per heavy atom. The van der Waals surface area contributed by atoms with Gasteiger partial charge in [0, 0.05) is 18.9 Å². The largest absolute Gasteiger partial charge is 0.490 e. The van der Waals surface area contributed by atoms with E-state index in [0.717, 1.165) is 18.7 Å². The third-order valence-corrected chi connectivity index (χ3v) is 4.64. The third kappa shape index (κ3) is 6.88. The molecule has 2 N–H and O–H groups in total. The Morgan fingerprint density at radius 1 is 1.15 bits per heavy atom. The number of pyridine rings is 1. The average Bonchev–Trinajstić information content (AvgIpc) is 3.21. The molecule has 174 valence electrons. The first kappa shape index (κ1) is 23.9. The minimum Gasteiger partial charge on any atom is -0.475 e. The van der Waals surface area contributed by atoms with E-state index in [2.05, 4.69) is 28.6 Å². The molecule has 1 aliphatic rings. The first-order chi connectivity index (χ1) is 15.7. The summed E-state index contributed by atoms with van der Waals surface area (Å²) in [5.74, 6) is -2.96. The molecule has 8 nitrogen and oxygen atoms in total. The molecule has 1 unspecified atom stereocenters. The zero-order valence-electron chi connectivity index (χ0n) is 17.3. The van der Waals surface area contributed by atoms with Crippen molar-refractivity contribution in [3.05, 3.63) is 83.4 Å². The number of ether oxygens (including phenoxy) is 1. The van der Waals surface area contributed by atoms with E-state index in [4.69, 9.17) is 19.7 Å². The van der Waals surface area contributed by atoms with Crippen molar-refractivity contribution in [2.24, 2.45) is 0 Å². The number of amides is 1. The number of rotatable bonds is 5. The van der Waals surface area contributed by atoms with Gasteiger partial charge in [0.1, 0.15) is 11.8 Å². The number of nitrogens with zero attached hydrogens (tertiary/aromatic N) is 3. The number of hydrogen-bond donors (Lipinski definition) is 2. The van der Waals surface area contributed by atoms with Gasteiger partial charge in [-0.3, -0.25) is 14.5 Å². The van der Waals surface area contributed by atoms with Gasteiger partial charge in [-0.25, -0.2) is 4.79 Å². The summed E-state index contributed by atoms with van der Waals surface area (Å²) in [7, 11) is 0. The second-order valence-corrected chi connectivity index (χ2v) is 7.06. The fourth-order valence-corrected chi connectivity index (χ4v) is 3.11. The molecule has 3 aromatic rings. The summed E-state index contributed by atoms with van der Waals surface area (Å²) in [6.45, 7) is 1.74. The summed E-state index contributed by atoms with van der Waals surface area (Å²) >= 11 is 0. The molecule has 1 aliphatic heterocycles. The zero-order valence-corrected chi connectivity index (χ0v) is 17.3. The van der Waals surface area contributed by atoms with Gasteiger partial charge in [-0.1, -0.05) is 36.4 Å². The standard InChI is InChI=1S/C20H20N4O2.C2HF3O2/c25-20(17-8-4-5-10-21-17)22-12-18-19-16(9-11-26-18)14-24(23-19)13-15-6-2-1-3-7-15;3-2(4,5)1(6)7/h1-8,10,14,18H,9,11-13H2,(H,22,25);(H,6,7). The second-order valence-electron chi connectivity index (χ2n) is 7.06. The lowest BCUT2D eigenvalue weighted by atomic mass is 10.1. The quantitative estimate of drug-likeness (QED) is 0.604. The number of hydrogen-bond acceptors (Lipinski definition) is 5. The van der Waals surface area contributed by atoms with E-state index in [0.29, 0.717) is 18.8 Å². The van der Waals surface area contributed by atoms with Gasteiger partial charge in [0.2, 0.25) is 0 Å². The molecular weight excluding hydrogens is 441 g/mol. The third-order valence-electron chi connectivity index (χ3n) is 4.64. The number of carboxylic acid groups (broad SMARTS) is 1. The lowest BCUT2D eigenvalue weighted by Crippen LogP contribution is -2.32. The van der Waals surface area contributed by atoms with Crippen molar-refractivity contribution >= 4 is 11.9 Å². The van der Waals surface area contributed by atoms with Crippen LogP contribution in [-0.2, 0) is 22.5 Å². The molecule has 0 saturated heterocycles. The molecule has 0 radical (unpaired) electrons. The highest BCUT2D eigenvalue weighted by molar-refractivity contribution is 5.92. The van der Waals surface area contributed by atoms with Crippen molar-refractivity contribution in [1.29, 1.82) is 0 Å². The Kier molecular flexibility index (Phi) is 7.78. The number of aliphatic carboxylic acids is 1. The van der Waals surface area contributed by atoms with Gasteiger partial charge in [-0.2, -0.15) is 18.3 Å². The molecule has 1 atom stereocenters. The maximum atomic E-state index is 12.2. The van der Waals surface area contributed by atoms with Crippen molar-refractivity contribution in [3.8, 4) is 0 Å². The number of halogens is 3. The summed E-state index contributed by atoms with van der Waals surface area (Å²) < 4.78 is 39.5. The maximum Gasteiger partial charge on any atom is 0.490 e. The minimum atomic E-state index is -5.08. The summed E-state index contributed by atoms with van der Waals surface area (Å²) in [5, 5.41) is 14.7. The molecule has 0 saturated carbocycles. The van der Waals surface area contributed by atoms with Crippen LogP contribution in [0.2, 0.25) is 0 Å². The van der Waals surface area contributed by atoms with Gasteiger partial charge >= 0.3 is 12.1 Å². The molecule has 3 heterocycles. The molecule has 0 aliphatic carbocycles. The first-order valence-electron chi connectivity index (χ1n) is 9.95. The average molecular weight is 462 g/mol. The summed E-state index contributed by atoms with van der Waals surface area (Å²) in [5.41, 5.74) is 3.70. The summed E-state index contributed by atoms with van der Waals surface area (Å²) in [6.07, 6.45) is -0.786. The Labute approximate surface area is 187 Å². The number of alkyl halides is 3. The molecule has 0 spiro atoms. The molecule has 4 rings (SSSR count). The van der Waals surface area contributed by atoms with Crippen LogP contribution in [-0.4, -0.2) is 51.1 Å². The van der Waals surface area contributed by atoms with Gasteiger partial charge in [-0.15, -0.1) is 0 Å². The van der Waals surface area contributed by atoms with Crippen molar-refractivity contribution < 1.29 is 32.6 Å². The van der Waals surface area contributed by atoms with Gasteiger partial charge in [0.25, 0.3) is 5.91 Å². The van der Waals surface area contributed by atoms with Crippen LogP contribution in [0.3, 0.4) is 0 Å². The van der Waals surface area contributed by atoms with Gasteiger partial charge in [0.15, 0.2) is 0 Å². The van der Waals surface area contributed by atoms with E-state index in [1.807, 2.05) is 22.9 Å². The molecule has 0 bridgehead atoms. The smallest absolute Gasteiger partial charge is 0.475 e. The molecule has 0 fully saturated rings. The lowest BCUT2D eigenvalue weighted by molar-refractivity contribution is -0.192. The molecule has 1 aromatic carbocycles. The topological polar surface area (TPSA) is 106 Å². The Morgan fingerprint density at radius 3 is 2.48 bits per heavy atom. The molecule has 33 heavy (non-hydrogen) atoms. The van der Waals surface area contributed by atoms with Crippen LogP contribution in [0.1, 0.15) is 33.4 Å². The fourth-order valence-electron chi connectivity index (χ4n) is 3.11. The number of carbonyl (C=O) groups excluding carboxylic acids is 1. The van der Waals surface area contributed by atoms with Crippen LogP contribution in [0.4, 0.5) is 13.2 Å². The van der Waals surface area contributed by atoms with Gasteiger partial charge < -0.3 is 15.2 Å². The van der Waals surface area contributed by atoms with Gasteiger partial charge in [0.05, 0.1) is 18.8 Å². The SMILES string of the molecule is O=C(NCC1OCCc2cn(Cc3ccccc3)nc21)c1ccccn1.O=C(O)C(F)(F)F. The summed E-state index contributed by atoms with van der Waals surface area (Å²) in [6, 6.07) is 15.5. The van der Waals surface area contributed by atoms with Crippen LogP contribution in [0.15, 0.2) is 60.9 Å². The maximum absolute atomic E-state index is 12.2. The molecule has 1 amide bonds. The number of carbonyl (C=O) groups is 2. The lowest BCUT2D eigenvalue weighted by Gasteiger charge is -2.22. The van der Waals surface area contributed by atoms with E-state index in [1.54, 1.807) is 24.4 Å². The summed E-state index contributed by atoms with van der Waals surface area (Å²) in [4.78, 5) is 25.2.